The number of aryl methyl sites for hydroxylation is 1. The van der Waals surface area contributed by atoms with Gasteiger partial charge in [-0.2, -0.15) is 10.1 Å². The maximum Gasteiger partial charge on any atom is 0.255 e. The first kappa shape index (κ1) is 12.4. The van der Waals surface area contributed by atoms with E-state index in [-0.39, 0.29) is 5.91 Å². The maximum absolute atomic E-state index is 12.4. The van der Waals surface area contributed by atoms with Gasteiger partial charge in [-0.3, -0.25) is 4.79 Å². The largest absolute Gasteiger partial charge is 0.328 e. The number of rotatable bonds is 2. The van der Waals surface area contributed by atoms with Crippen molar-refractivity contribution in [2.75, 3.05) is 10.6 Å². The molecule has 0 saturated carbocycles. The van der Waals surface area contributed by atoms with Gasteiger partial charge in [0.15, 0.2) is 0 Å². The van der Waals surface area contributed by atoms with E-state index < -0.39 is 0 Å². The van der Waals surface area contributed by atoms with Crippen molar-refractivity contribution in [2.24, 2.45) is 0 Å². The van der Waals surface area contributed by atoms with E-state index in [1.807, 2.05) is 38.1 Å². The lowest BCUT2D eigenvalue weighted by molar-refractivity contribution is -0.113. The van der Waals surface area contributed by atoms with Crippen LogP contribution in [0.5, 0.6) is 0 Å². The molecule has 0 bridgehead atoms. The highest BCUT2D eigenvalue weighted by atomic mass is 16.1. The molecule has 1 amide bonds. The highest BCUT2D eigenvalue weighted by Crippen LogP contribution is 2.21. The molecule has 102 valence electrons. The zero-order chi connectivity index (χ0) is 14.1. The van der Waals surface area contributed by atoms with Crippen molar-refractivity contribution in [3.05, 3.63) is 47.4 Å². The van der Waals surface area contributed by atoms with Crippen molar-refractivity contribution in [2.45, 2.75) is 20.4 Å². The molecule has 0 spiro atoms. The monoisotopic (exact) mass is 269 g/mol. The van der Waals surface area contributed by atoms with E-state index in [0.717, 1.165) is 16.9 Å². The second kappa shape index (κ2) is 4.80. The summed E-state index contributed by atoms with van der Waals surface area (Å²) in [6.07, 6.45) is 1.47. The second-order valence-corrected chi connectivity index (χ2v) is 4.74. The Morgan fingerprint density at radius 1 is 1.35 bits per heavy atom. The van der Waals surface area contributed by atoms with Crippen LogP contribution in [0.25, 0.3) is 0 Å². The predicted octanol–water partition coefficient (Wildman–Crippen LogP) is 1.92. The van der Waals surface area contributed by atoms with Gasteiger partial charge in [0, 0.05) is 11.4 Å². The number of benzene rings is 1. The average molecular weight is 269 g/mol. The lowest BCUT2D eigenvalue weighted by atomic mass is 10.1. The van der Waals surface area contributed by atoms with Gasteiger partial charge < -0.3 is 10.6 Å². The number of hydrogen-bond donors (Lipinski definition) is 2. The van der Waals surface area contributed by atoms with Crippen LogP contribution in [0.4, 0.5) is 11.6 Å². The molecule has 1 aromatic heterocycles. The SMILES string of the molecule is CC1=C(C(=O)Nc2ccccc2C)Cn2ncnc2N1. The molecule has 0 unspecified atom stereocenters. The van der Waals surface area contributed by atoms with Crippen molar-refractivity contribution in [3.8, 4) is 0 Å². The summed E-state index contributed by atoms with van der Waals surface area (Å²) in [5.41, 5.74) is 3.31. The minimum absolute atomic E-state index is 0.120. The number of aromatic nitrogens is 3. The fourth-order valence-corrected chi connectivity index (χ4v) is 2.14. The Morgan fingerprint density at radius 2 is 2.15 bits per heavy atom. The molecule has 1 aromatic carbocycles. The molecule has 3 rings (SSSR count). The maximum atomic E-state index is 12.4. The first-order valence-electron chi connectivity index (χ1n) is 6.36. The van der Waals surface area contributed by atoms with Gasteiger partial charge in [-0.15, -0.1) is 0 Å². The Balaban J connectivity index is 1.83. The number of amides is 1. The molecular formula is C14H15N5O. The Morgan fingerprint density at radius 3 is 2.95 bits per heavy atom. The van der Waals surface area contributed by atoms with Crippen LogP contribution in [0.1, 0.15) is 12.5 Å². The van der Waals surface area contributed by atoms with Crippen LogP contribution in [-0.2, 0) is 11.3 Å². The topological polar surface area (TPSA) is 71.8 Å². The molecule has 20 heavy (non-hydrogen) atoms. The van der Waals surface area contributed by atoms with Gasteiger partial charge in [-0.25, -0.2) is 4.68 Å². The normalized spacial score (nSPS) is 13.7. The number of carbonyl (C=O) groups is 1. The lowest BCUT2D eigenvalue weighted by Crippen LogP contribution is -2.26. The highest BCUT2D eigenvalue weighted by molar-refractivity contribution is 6.05. The number of carbonyl (C=O) groups excluding carboxylic acids is 1. The van der Waals surface area contributed by atoms with E-state index in [9.17, 15) is 4.79 Å². The first-order valence-corrected chi connectivity index (χ1v) is 6.36. The van der Waals surface area contributed by atoms with Gasteiger partial charge in [0.05, 0.1) is 12.1 Å². The number of allylic oxidation sites excluding steroid dienone is 1. The van der Waals surface area contributed by atoms with E-state index >= 15 is 0 Å². The smallest absolute Gasteiger partial charge is 0.255 e. The quantitative estimate of drug-likeness (QED) is 0.873. The average Bonchev–Trinajstić information content (AvgIpc) is 2.87. The molecule has 6 nitrogen and oxygen atoms in total. The standard InChI is InChI=1S/C14H15N5O/c1-9-5-3-4-6-12(9)18-13(20)11-7-19-14(15-8-16-19)17-10(11)2/h3-6,8H,7H2,1-2H3,(H,18,20)(H,15,16,17). The van der Waals surface area contributed by atoms with Crippen molar-refractivity contribution < 1.29 is 4.79 Å². The molecule has 2 aromatic rings. The van der Waals surface area contributed by atoms with Crippen LogP contribution in [0.3, 0.4) is 0 Å². The molecule has 1 aliphatic rings. The molecule has 6 heteroatoms. The third kappa shape index (κ3) is 2.16. The van der Waals surface area contributed by atoms with E-state index in [1.54, 1.807) is 4.68 Å². The van der Waals surface area contributed by atoms with E-state index in [4.69, 9.17) is 0 Å². The number of hydrogen-bond acceptors (Lipinski definition) is 4. The molecule has 0 atom stereocenters. The second-order valence-electron chi connectivity index (χ2n) is 4.74. The van der Waals surface area contributed by atoms with Gasteiger partial charge in [0.25, 0.3) is 5.91 Å². The van der Waals surface area contributed by atoms with E-state index in [2.05, 4.69) is 20.7 Å². The van der Waals surface area contributed by atoms with Crippen molar-refractivity contribution in [1.29, 1.82) is 0 Å². The summed E-state index contributed by atoms with van der Waals surface area (Å²) >= 11 is 0. The molecule has 1 aliphatic heterocycles. The van der Waals surface area contributed by atoms with Crippen LogP contribution in [0.2, 0.25) is 0 Å². The van der Waals surface area contributed by atoms with Gasteiger partial charge in [0.2, 0.25) is 5.95 Å². The van der Waals surface area contributed by atoms with Crippen LogP contribution in [0, 0.1) is 6.92 Å². The van der Waals surface area contributed by atoms with Crippen molar-refractivity contribution in [1.82, 2.24) is 14.8 Å². The van der Waals surface area contributed by atoms with Gasteiger partial charge in [-0.05, 0) is 25.5 Å². The minimum Gasteiger partial charge on any atom is -0.328 e. The number of fused-ring (bicyclic) bond motifs is 1. The minimum atomic E-state index is -0.120. The molecule has 2 heterocycles. The van der Waals surface area contributed by atoms with Gasteiger partial charge >= 0.3 is 0 Å². The summed E-state index contributed by atoms with van der Waals surface area (Å²) in [6.45, 7) is 4.25. The molecule has 0 saturated heterocycles. The van der Waals surface area contributed by atoms with Crippen molar-refractivity contribution in [3.63, 3.8) is 0 Å². The van der Waals surface area contributed by atoms with Crippen LogP contribution in [0.15, 0.2) is 41.9 Å². The van der Waals surface area contributed by atoms with Crippen molar-refractivity contribution >= 4 is 17.5 Å². The Kier molecular flexibility index (Phi) is 2.98. The summed E-state index contributed by atoms with van der Waals surface area (Å²) in [5.74, 6) is 0.542. The van der Waals surface area contributed by atoms with Crippen LogP contribution < -0.4 is 10.6 Å². The summed E-state index contributed by atoms with van der Waals surface area (Å²) in [7, 11) is 0. The number of anilines is 2. The Bertz CT molecular complexity index is 701. The molecule has 0 radical (unpaired) electrons. The lowest BCUT2D eigenvalue weighted by Gasteiger charge is -2.20. The number of para-hydroxylation sites is 1. The highest BCUT2D eigenvalue weighted by Gasteiger charge is 2.21. The third-order valence-corrected chi connectivity index (χ3v) is 3.34. The van der Waals surface area contributed by atoms with Crippen LogP contribution >= 0.6 is 0 Å². The molecule has 0 aliphatic carbocycles. The van der Waals surface area contributed by atoms with Gasteiger partial charge in [0.1, 0.15) is 6.33 Å². The summed E-state index contributed by atoms with van der Waals surface area (Å²) in [5, 5.41) is 10.1. The number of nitrogens with one attached hydrogen (secondary N) is 2. The van der Waals surface area contributed by atoms with E-state index in [1.165, 1.54) is 6.33 Å². The zero-order valence-electron chi connectivity index (χ0n) is 11.3. The van der Waals surface area contributed by atoms with E-state index in [0.29, 0.717) is 18.1 Å². The summed E-state index contributed by atoms with van der Waals surface area (Å²) < 4.78 is 1.67. The number of nitrogens with zero attached hydrogens (tertiary/aromatic N) is 3. The summed E-state index contributed by atoms with van der Waals surface area (Å²) in [4.78, 5) is 16.5. The zero-order valence-corrected chi connectivity index (χ0v) is 11.3. The Labute approximate surface area is 116 Å². The van der Waals surface area contributed by atoms with Gasteiger partial charge in [-0.1, -0.05) is 18.2 Å². The fourth-order valence-electron chi connectivity index (χ4n) is 2.14. The molecule has 0 fully saturated rings. The first-order chi connectivity index (χ1) is 9.65. The fraction of sp³-hybridized carbons (Fsp3) is 0.214. The van der Waals surface area contributed by atoms with Crippen LogP contribution in [-0.4, -0.2) is 20.7 Å². The predicted molar refractivity (Wildman–Crippen MR) is 76.2 cm³/mol. The Hall–Kier alpha value is -2.63. The molecule has 2 N–H and O–H groups in total. The molecular weight excluding hydrogens is 254 g/mol. The third-order valence-electron chi connectivity index (χ3n) is 3.34. The summed E-state index contributed by atoms with van der Waals surface area (Å²) in [6, 6.07) is 7.70.